The summed E-state index contributed by atoms with van der Waals surface area (Å²) in [7, 11) is 2.12. The van der Waals surface area contributed by atoms with Crippen molar-refractivity contribution in [3.05, 3.63) is 4.88 Å². The molecule has 0 spiro atoms. The van der Waals surface area contributed by atoms with Crippen molar-refractivity contribution >= 4 is 28.2 Å². The lowest BCUT2D eigenvalue weighted by atomic mass is 10.1. The van der Waals surface area contributed by atoms with Crippen LogP contribution >= 0.6 is 11.3 Å². The quantitative estimate of drug-likeness (QED) is 0.881. The van der Waals surface area contributed by atoms with Gasteiger partial charge in [-0.25, -0.2) is 4.98 Å². The molecule has 2 heterocycles. The summed E-state index contributed by atoms with van der Waals surface area (Å²) in [5.41, 5.74) is 5.94. The Kier molecular flexibility index (Phi) is 4.03. The van der Waals surface area contributed by atoms with Gasteiger partial charge in [0.2, 0.25) is 0 Å². The highest BCUT2D eigenvalue weighted by Crippen LogP contribution is 2.31. The number of amides is 1. The number of hydrogen-bond acceptors (Lipinski definition) is 6. The summed E-state index contributed by atoms with van der Waals surface area (Å²) in [6.07, 6.45) is 3.41. The first-order valence-electron chi connectivity index (χ1n) is 7.60. The van der Waals surface area contributed by atoms with Crippen molar-refractivity contribution in [2.24, 2.45) is 0 Å². The van der Waals surface area contributed by atoms with Gasteiger partial charge in [-0.1, -0.05) is 18.3 Å². The lowest BCUT2D eigenvalue weighted by molar-refractivity contribution is 0.0547. The number of nitrogens with zero attached hydrogens (tertiary/aromatic N) is 3. The molecule has 7 heteroatoms. The van der Waals surface area contributed by atoms with Crippen molar-refractivity contribution in [1.82, 2.24) is 14.8 Å². The van der Waals surface area contributed by atoms with Gasteiger partial charge in [0.05, 0.1) is 0 Å². The van der Waals surface area contributed by atoms with Crippen LogP contribution in [-0.4, -0.2) is 59.5 Å². The van der Waals surface area contributed by atoms with Gasteiger partial charge in [-0.15, -0.1) is 0 Å². The summed E-state index contributed by atoms with van der Waals surface area (Å²) >= 11 is 1.39. The third-order valence-electron chi connectivity index (χ3n) is 4.29. The van der Waals surface area contributed by atoms with E-state index >= 15 is 0 Å². The summed E-state index contributed by atoms with van der Waals surface area (Å²) in [6, 6.07) is 0.951. The molecule has 1 aromatic heterocycles. The number of nitrogens with one attached hydrogen (secondary N) is 1. The Labute approximate surface area is 129 Å². The Morgan fingerprint density at radius 3 is 2.90 bits per heavy atom. The van der Waals surface area contributed by atoms with Crippen LogP contribution in [0.5, 0.6) is 0 Å². The van der Waals surface area contributed by atoms with E-state index in [2.05, 4.69) is 29.2 Å². The summed E-state index contributed by atoms with van der Waals surface area (Å²) < 4.78 is 0. The number of likely N-dealkylation sites (N-methyl/N-ethyl adjacent to an activating group) is 1. The maximum atomic E-state index is 12.7. The Hall–Kier alpha value is -1.34. The van der Waals surface area contributed by atoms with Crippen LogP contribution in [0.2, 0.25) is 0 Å². The molecule has 116 valence electrons. The SMILES string of the molecule is CCC1CN(C(=O)c2sc(NC3CC3)nc2N)CCN1C. The van der Waals surface area contributed by atoms with Crippen LogP contribution in [0.15, 0.2) is 0 Å². The van der Waals surface area contributed by atoms with E-state index < -0.39 is 0 Å². The normalized spacial score (nSPS) is 23.3. The lowest BCUT2D eigenvalue weighted by Gasteiger charge is -2.38. The van der Waals surface area contributed by atoms with E-state index in [1.54, 1.807) is 0 Å². The molecule has 0 radical (unpaired) electrons. The predicted octanol–water partition coefficient (Wildman–Crippen LogP) is 1.47. The second-order valence-corrected chi connectivity index (χ2v) is 6.94. The van der Waals surface area contributed by atoms with Gasteiger partial charge in [-0.05, 0) is 26.3 Å². The molecule has 0 aromatic carbocycles. The van der Waals surface area contributed by atoms with Crippen LogP contribution in [-0.2, 0) is 0 Å². The van der Waals surface area contributed by atoms with Crippen molar-refractivity contribution in [2.75, 3.05) is 37.7 Å². The number of nitrogens with two attached hydrogens (primary N) is 1. The molecule has 1 aliphatic heterocycles. The van der Waals surface area contributed by atoms with E-state index in [9.17, 15) is 4.79 Å². The molecule has 2 aliphatic rings. The van der Waals surface area contributed by atoms with Gasteiger partial charge < -0.3 is 16.0 Å². The minimum absolute atomic E-state index is 0.0281. The molecular weight excluding hydrogens is 286 g/mol. The molecule has 6 nitrogen and oxygen atoms in total. The Balaban J connectivity index is 1.70. The summed E-state index contributed by atoms with van der Waals surface area (Å²) in [5, 5.41) is 4.09. The molecule has 1 unspecified atom stereocenters. The van der Waals surface area contributed by atoms with Gasteiger partial charge in [-0.2, -0.15) is 0 Å². The van der Waals surface area contributed by atoms with Crippen molar-refractivity contribution in [1.29, 1.82) is 0 Å². The molecule has 1 aliphatic carbocycles. The fourth-order valence-electron chi connectivity index (χ4n) is 2.66. The van der Waals surface area contributed by atoms with Crippen molar-refractivity contribution < 1.29 is 4.79 Å². The molecule has 1 atom stereocenters. The number of thiazole rings is 1. The Bertz CT molecular complexity index is 527. The maximum absolute atomic E-state index is 12.7. The van der Waals surface area contributed by atoms with Crippen LogP contribution < -0.4 is 11.1 Å². The third kappa shape index (κ3) is 3.13. The number of nitrogen functional groups attached to an aromatic ring is 1. The predicted molar refractivity (Wildman–Crippen MR) is 85.8 cm³/mol. The second kappa shape index (κ2) is 5.81. The van der Waals surface area contributed by atoms with Gasteiger partial charge >= 0.3 is 0 Å². The number of aromatic nitrogens is 1. The minimum atomic E-state index is 0.0281. The van der Waals surface area contributed by atoms with E-state index in [4.69, 9.17) is 5.73 Å². The van der Waals surface area contributed by atoms with Crippen LogP contribution in [0.4, 0.5) is 10.9 Å². The van der Waals surface area contributed by atoms with Crippen LogP contribution in [0, 0.1) is 0 Å². The van der Waals surface area contributed by atoms with Gasteiger partial charge in [0, 0.05) is 31.7 Å². The first-order chi connectivity index (χ1) is 10.1. The Morgan fingerprint density at radius 2 is 2.24 bits per heavy atom. The zero-order chi connectivity index (χ0) is 15.0. The first-order valence-corrected chi connectivity index (χ1v) is 8.42. The number of carbonyl (C=O) groups excluding carboxylic acids is 1. The zero-order valence-electron chi connectivity index (χ0n) is 12.6. The highest BCUT2D eigenvalue weighted by atomic mass is 32.1. The lowest BCUT2D eigenvalue weighted by Crippen LogP contribution is -2.52. The maximum Gasteiger partial charge on any atom is 0.267 e. The van der Waals surface area contributed by atoms with Gasteiger partial charge in [0.1, 0.15) is 10.7 Å². The monoisotopic (exact) mass is 309 g/mol. The van der Waals surface area contributed by atoms with Gasteiger partial charge in [0.15, 0.2) is 5.13 Å². The smallest absolute Gasteiger partial charge is 0.267 e. The molecule has 1 aromatic rings. The van der Waals surface area contributed by atoms with E-state index in [0.29, 0.717) is 22.8 Å². The molecule has 1 saturated heterocycles. The average Bonchev–Trinajstić information content (AvgIpc) is 3.20. The van der Waals surface area contributed by atoms with E-state index in [1.165, 1.54) is 24.2 Å². The molecule has 0 bridgehead atoms. The topological polar surface area (TPSA) is 74.5 Å². The van der Waals surface area contributed by atoms with Crippen LogP contribution in [0.25, 0.3) is 0 Å². The molecule has 1 saturated carbocycles. The molecule has 3 N–H and O–H groups in total. The fraction of sp³-hybridized carbons (Fsp3) is 0.714. The average molecular weight is 309 g/mol. The molecule has 2 fully saturated rings. The van der Waals surface area contributed by atoms with Gasteiger partial charge in [-0.3, -0.25) is 9.69 Å². The third-order valence-corrected chi connectivity index (χ3v) is 5.28. The number of anilines is 2. The van der Waals surface area contributed by atoms with Crippen molar-refractivity contribution in [3.63, 3.8) is 0 Å². The summed E-state index contributed by atoms with van der Waals surface area (Å²) in [6.45, 7) is 4.60. The largest absolute Gasteiger partial charge is 0.382 e. The van der Waals surface area contributed by atoms with Gasteiger partial charge in [0.25, 0.3) is 5.91 Å². The van der Waals surface area contributed by atoms with E-state index in [1.807, 2.05) is 4.90 Å². The number of hydrogen-bond donors (Lipinski definition) is 2. The fourth-order valence-corrected chi connectivity index (χ4v) is 3.59. The molecule has 3 rings (SSSR count). The highest BCUT2D eigenvalue weighted by molar-refractivity contribution is 7.18. The standard InChI is InChI=1S/C14H23N5OS/c1-3-10-8-19(7-6-18(10)2)13(20)11-12(15)17-14(21-11)16-9-4-5-9/h9-10H,3-8,15H2,1-2H3,(H,16,17). The van der Waals surface area contributed by atoms with Crippen molar-refractivity contribution in [3.8, 4) is 0 Å². The van der Waals surface area contributed by atoms with Crippen molar-refractivity contribution in [2.45, 2.75) is 38.3 Å². The number of rotatable bonds is 4. The highest BCUT2D eigenvalue weighted by Gasteiger charge is 2.30. The number of carbonyl (C=O) groups is 1. The molecule has 1 amide bonds. The zero-order valence-corrected chi connectivity index (χ0v) is 13.4. The van der Waals surface area contributed by atoms with E-state index in [0.717, 1.165) is 31.2 Å². The first kappa shape index (κ1) is 14.6. The number of piperazine rings is 1. The Morgan fingerprint density at radius 1 is 1.48 bits per heavy atom. The second-order valence-electron chi connectivity index (χ2n) is 5.95. The summed E-state index contributed by atoms with van der Waals surface area (Å²) in [5.74, 6) is 0.389. The molecule has 21 heavy (non-hydrogen) atoms. The van der Waals surface area contributed by atoms with E-state index in [-0.39, 0.29) is 5.91 Å². The van der Waals surface area contributed by atoms with Crippen LogP contribution in [0.3, 0.4) is 0 Å². The molecular formula is C14H23N5OS. The van der Waals surface area contributed by atoms with Crippen LogP contribution in [0.1, 0.15) is 35.9 Å². The summed E-state index contributed by atoms with van der Waals surface area (Å²) in [4.78, 5) is 21.8. The minimum Gasteiger partial charge on any atom is -0.382 e.